The molecule has 0 bridgehead atoms. The standard InChI is InChI=1S/C14H20ClNO/c1-11-6-4-5-9-14(11,10-17)16-13-8-3-2-7-12(13)15/h2-3,7-8,11,16-17H,4-6,9-10H2,1H3. The third kappa shape index (κ3) is 2.58. The number of hydrogen-bond acceptors (Lipinski definition) is 2. The molecule has 0 aromatic heterocycles. The fourth-order valence-corrected chi connectivity index (χ4v) is 2.89. The van der Waals surface area contributed by atoms with Crippen molar-refractivity contribution in [2.75, 3.05) is 11.9 Å². The first-order valence-corrected chi connectivity index (χ1v) is 6.69. The lowest BCUT2D eigenvalue weighted by atomic mass is 9.74. The van der Waals surface area contributed by atoms with Crippen molar-refractivity contribution >= 4 is 17.3 Å². The summed E-state index contributed by atoms with van der Waals surface area (Å²) in [6, 6.07) is 7.74. The van der Waals surface area contributed by atoms with Gasteiger partial charge in [0, 0.05) is 0 Å². The lowest BCUT2D eigenvalue weighted by Crippen LogP contribution is -2.49. The number of benzene rings is 1. The number of hydrogen-bond donors (Lipinski definition) is 2. The number of para-hydroxylation sites is 1. The Hall–Kier alpha value is -0.730. The van der Waals surface area contributed by atoms with Crippen LogP contribution < -0.4 is 5.32 Å². The molecule has 2 nitrogen and oxygen atoms in total. The van der Waals surface area contributed by atoms with Crippen LogP contribution >= 0.6 is 11.6 Å². The zero-order valence-electron chi connectivity index (χ0n) is 10.2. The molecule has 3 heteroatoms. The smallest absolute Gasteiger partial charge is 0.0664 e. The van der Waals surface area contributed by atoms with Crippen LogP contribution in [0.5, 0.6) is 0 Å². The maximum absolute atomic E-state index is 9.76. The van der Waals surface area contributed by atoms with Crippen LogP contribution in [-0.4, -0.2) is 17.3 Å². The molecule has 1 fully saturated rings. The monoisotopic (exact) mass is 253 g/mol. The summed E-state index contributed by atoms with van der Waals surface area (Å²) in [7, 11) is 0. The molecule has 1 saturated carbocycles. The zero-order chi connectivity index (χ0) is 12.3. The van der Waals surface area contributed by atoms with E-state index in [1.807, 2.05) is 24.3 Å². The minimum absolute atomic E-state index is 0.166. The van der Waals surface area contributed by atoms with E-state index in [1.54, 1.807) is 0 Å². The van der Waals surface area contributed by atoms with Crippen LogP contribution in [0.1, 0.15) is 32.6 Å². The van der Waals surface area contributed by atoms with Crippen molar-refractivity contribution in [3.63, 3.8) is 0 Å². The first-order valence-electron chi connectivity index (χ1n) is 6.31. The van der Waals surface area contributed by atoms with Crippen LogP contribution in [0.3, 0.4) is 0 Å². The van der Waals surface area contributed by atoms with Crippen LogP contribution in [0.15, 0.2) is 24.3 Å². The minimum Gasteiger partial charge on any atom is -0.394 e. The minimum atomic E-state index is -0.205. The Labute approximate surface area is 108 Å². The fourth-order valence-electron chi connectivity index (χ4n) is 2.70. The number of anilines is 1. The molecule has 0 radical (unpaired) electrons. The SMILES string of the molecule is CC1CCCCC1(CO)Nc1ccccc1Cl. The Morgan fingerprint density at radius 2 is 2.18 bits per heavy atom. The van der Waals surface area contributed by atoms with Gasteiger partial charge in [0.1, 0.15) is 0 Å². The molecular formula is C14H20ClNO. The average molecular weight is 254 g/mol. The molecule has 0 aliphatic heterocycles. The van der Waals surface area contributed by atoms with Gasteiger partial charge in [-0.1, -0.05) is 43.5 Å². The van der Waals surface area contributed by atoms with Gasteiger partial charge < -0.3 is 10.4 Å². The second-order valence-electron chi connectivity index (χ2n) is 5.07. The summed E-state index contributed by atoms with van der Waals surface area (Å²) in [6.07, 6.45) is 4.60. The Kier molecular flexibility index (Phi) is 3.95. The lowest BCUT2D eigenvalue weighted by molar-refractivity contribution is 0.126. The Balaban J connectivity index is 2.22. The molecule has 1 aliphatic rings. The second-order valence-corrected chi connectivity index (χ2v) is 5.47. The maximum atomic E-state index is 9.76. The summed E-state index contributed by atoms with van der Waals surface area (Å²) >= 11 is 6.17. The third-order valence-electron chi connectivity index (χ3n) is 3.99. The summed E-state index contributed by atoms with van der Waals surface area (Å²) in [6.45, 7) is 2.37. The van der Waals surface area contributed by atoms with Gasteiger partial charge in [0.2, 0.25) is 0 Å². The molecule has 0 heterocycles. The maximum Gasteiger partial charge on any atom is 0.0664 e. The lowest BCUT2D eigenvalue weighted by Gasteiger charge is -2.43. The van der Waals surface area contributed by atoms with E-state index in [-0.39, 0.29) is 12.1 Å². The van der Waals surface area contributed by atoms with Gasteiger partial charge in [0.25, 0.3) is 0 Å². The van der Waals surface area contributed by atoms with Crippen molar-refractivity contribution in [2.45, 2.75) is 38.1 Å². The average Bonchev–Trinajstić information content (AvgIpc) is 2.35. The van der Waals surface area contributed by atoms with Crippen molar-refractivity contribution in [1.82, 2.24) is 0 Å². The van der Waals surface area contributed by atoms with Gasteiger partial charge in [-0.15, -0.1) is 0 Å². The van der Waals surface area contributed by atoms with Gasteiger partial charge in [-0.05, 0) is 30.9 Å². The van der Waals surface area contributed by atoms with Crippen LogP contribution in [0.25, 0.3) is 0 Å². The Morgan fingerprint density at radius 3 is 2.82 bits per heavy atom. The molecule has 1 aliphatic carbocycles. The molecule has 1 aromatic rings. The van der Waals surface area contributed by atoms with Gasteiger partial charge in [-0.25, -0.2) is 0 Å². The molecule has 0 saturated heterocycles. The molecule has 17 heavy (non-hydrogen) atoms. The first kappa shape index (κ1) is 12.7. The molecule has 1 aromatic carbocycles. The van der Waals surface area contributed by atoms with Gasteiger partial charge in [-0.3, -0.25) is 0 Å². The van der Waals surface area contributed by atoms with Crippen LogP contribution in [0.2, 0.25) is 5.02 Å². The molecule has 0 spiro atoms. The molecule has 2 atom stereocenters. The van der Waals surface area contributed by atoms with Crippen LogP contribution in [0, 0.1) is 5.92 Å². The predicted octanol–water partition coefficient (Wildman–Crippen LogP) is 3.69. The van der Waals surface area contributed by atoms with Gasteiger partial charge >= 0.3 is 0 Å². The van der Waals surface area contributed by atoms with Crippen molar-refractivity contribution < 1.29 is 5.11 Å². The van der Waals surface area contributed by atoms with Gasteiger partial charge in [-0.2, -0.15) is 0 Å². The van der Waals surface area contributed by atoms with Crippen molar-refractivity contribution in [3.05, 3.63) is 29.3 Å². The molecule has 94 valence electrons. The molecular weight excluding hydrogens is 234 g/mol. The van der Waals surface area contributed by atoms with E-state index >= 15 is 0 Å². The van der Waals surface area contributed by atoms with Crippen molar-refractivity contribution in [3.8, 4) is 0 Å². The first-order chi connectivity index (χ1) is 8.18. The van der Waals surface area contributed by atoms with E-state index in [4.69, 9.17) is 11.6 Å². The number of halogens is 1. The fraction of sp³-hybridized carbons (Fsp3) is 0.571. The van der Waals surface area contributed by atoms with E-state index in [0.717, 1.165) is 23.6 Å². The highest BCUT2D eigenvalue weighted by Crippen LogP contribution is 2.37. The summed E-state index contributed by atoms with van der Waals surface area (Å²) in [5.74, 6) is 0.470. The molecule has 2 N–H and O–H groups in total. The zero-order valence-corrected chi connectivity index (χ0v) is 11.0. The van der Waals surface area contributed by atoms with Gasteiger partial charge in [0.05, 0.1) is 22.9 Å². The molecule has 2 rings (SSSR count). The van der Waals surface area contributed by atoms with Gasteiger partial charge in [0.15, 0.2) is 0 Å². The predicted molar refractivity (Wildman–Crippen MR) is 72.5 cm³/mol. The normalized spacial score (nSPS) is 29.0. The van der Waals surface area contributed by atoms with Crippen molar-refractivity contribution in [1.29, 1.82) is 0 Å². The summed E-state index contributed by atoms with van der Waals surface area (Å²) in [5, 5.41) is 14.0. The number of aliphatic hydroxyl groups is 1. The van der Waals surface area contributed by atoms with Crippen LogP contribution in [0.4, 0.5) is 5.69 Å². The van der Waals surface area contributed by atoms with Crippen molar-refractivity contribution in [2.24, 2.45) is 5.92 Å². The summed E-state index contributed by atoms with van der Waals surface area (Å²) in [5.41, 5.74) is 0.723. The molecule has 0 amide bonds. The molecule has 2 unspecified atom stereocenters. The van der Waals surface area contributed by atoms with E-state index in [9.17, 15) is 5.11 Å². The van der Waals surface area contributed by atoms with E-state index < -0.39 is 0 Å². The largest absolute Gasteiger partial charge is 0.394 e. The highest BCUT2D eigenvalue weighted by atomic mass is 35.5. The topological polar surface area (TPSA) is 32.3 Å². The highest BCUT2D eigenvalue weighted by molar-refractivity contribution is 6.33. The number of aliphatic hydroxyl groups excluding tert-OH is 1. The summed E-state index contributed by atoms with van der Waals surface area (Å²) in [4.78, 5) is 0. The van der Waals surface area contributed by atoms with Crippen LogP contribution in [-0.2, 0) is 0 Å². The number of nitrogens with one attached hydrogen (secondary N) is 1. The van der Waals surface area contributed by atoms with E-state index in [2.05, 4.69) is 12.2 Å². The highest BCUT2D eigenvalue weighted by Gasteiger charge is 2.37. The Morgan fingerprint density at radius 1 is 1.41 bits per heavy atom. The van der Waals surface area contributed by atoms with E-state index in [0.29, 0.717) is 5.92 Å². The van der Waals surface area contributed by atoms with E-state index in [1.165, 1.54) is 12.8 Å². The second kappa shape index (κ2) is 5.28. The quantitative estimate of drug-likeness (QED) is 0.861. The number of rotatable bonds is 3. The Bertz CT molecular complexity index is 382. The summed E-state index contributed by atoms with van der Waals surface area (Å²) < 4.78 is 0. The third-order valence-corrected chi connectivity index (χ3v) is 4.32.